The molecule has 1 heterocycles. The Bertz CT molecular complexity index is 395. The molecular formula is C11H10O4. The van der Waals surface area contributed by atoms with Gasteiger partial charge < -0.3 is 9.47 Å². The van der Waals surface area contributed by atoms with Crippen molar-refractivity contribution in [2.45, 2.75) is 18.6 Å². The second-order valence-electron chi connectivity index (χ2n) is 4.10. The molecular weight excluding hydrogens is 196 g/mol. The molecule has 0 N–H and O–H groups in total. The monoisotopic (exact) mass is 206 g/mol. The van der Waals surface area contributed by atoms with Gasteiger partial charge in [0.2, 0.25) is 0 Å². The molecule has 2 bridgehead atoms. The Morgan fingerprint density at radius 1 is 1.67 bits per heavy atom. The van der Waals surface area contributed by atoms with Gasteiger partial charge in [0, 0.05) is 12.0 Å². The van der Waals surface area contributed by atoms with Crippen molar-refractivity contribution in [3.8, 4) is 0 Å². The highest BCUT2D eigenvalue weighted by molar-refractivity contribution is 5.83. The van der Waals surface area contributed by atoms with Crippen molar-refractivity contribution in [1.29, 1.82) is 0 Å². The Hall–Kier alpha value is -1.58. The molecule has 4 heteroatoms. The van der Waals surface area contributed by atoms with Crippen LogP contribution in [0.2, 0.25) is 0 Å². The minimum absolute atomic E-state index is 0.0938. The van der Waals surface area contributed by atoms with Gasteiger partial charge in [0.1, 0.15) is 6.10 Å². The van der Waals surface area contributed by atoms with Crippen LogP contribution in [0.5, 0.6) is 0 Å². The Labute approximate surface area is 86.5 Å². The van der Waals surface area contributed by atoms with Crippen LogP contribution >= 0.6 is 0 Å². The molecule has 4 unspecified atom stereocenters. The molecule has 78 valence electrons. The Balaban J connectivity index is 1.86. The molecule has 1 saturated heterocycles. The first kappa shape index (κ1) is 8.71. The fourth-order valence-corrected chi connectivity index (χ4v) is 2.71. The molecule has 3 rings (SSSR count). The first-order valence-electron chi connectivity index (χ1n) is 4.95. The molecule has 0 aromatic heterocycles. The molecule has 0 aromatic rings. The number of hydrogen-bond acceptors (Lipinski definition) is 4. The van der Waals surface area contributed by atoms with Gasteiger partial charge in [-0.1, -0.05) is 12.7 Å². The quantitative estimate of drug-likeness (QED) is 0.377. The first-order valence-corrected chi connectivity index (χ1v) is 4.95. The SMILES string of the molecule is C=CC(=O)OC1C2=CC3C(=O)OC1C3C2. The van der Waals surface area contributed by atoms with E-state index in [2.05, 4.69) is 6.58 Å². The van der Waals surface area contributed by atoms with Gasteiger partial charge in [-0.2, -0.15) is 0 Å². The number of ether oxygens (including phenoxy) is 2. The lowest BCUT2D eigenvalue weighted by Gasteiger charge is -2.20. The maximum absolute atomic E-state index is 11.4. The Morgan fingerprint density at radius 2 is 2.47 bits per heavy atom. The van der Waals surface area contributed by atoms with E-state index < -0.39 is 5.97 Å². The van der Waals surface area contributed by atoms with E-state index in [1.807, 2.05) is 6.08 Å². The molecule has 0 spiro atoms. The topological polar surface area (TPSA) is 52.6 Å². The Kier molecular flexibility index (Phi) is 1.58. The van der Waals surface area contributed by atoms with E-state index in [1.165, 1.54) is 0 Å². The zero-order valence-corrected chi connectivity index (χ0v) is 8.01. The molecule has 2 fully saturated rings. The molecule has 4 nitrogen and oxygen atoms in total. The third kappa shape index (κ3) is 1.02. The van der Waals surface area contributed by atoms with Gasteiger partial charge in [0.25, 0.3) is 0 Å². The van der Waals surface area contributed by atoms with Gasteiger partial charge in [-0.05, 0) is 12.0 Å². The molecule has 1 aliphatic heterocycles. The average molecular weight is 206 g/mol. The third-order valence-corrected chi connectivity index (χ3v) is 3.35. The van der Waals surface area contributed by atoms with Crippen molar-refractivity contribution in [1.82, 2.24) is 0 Å². The summed E-state index contributed by atoms with van der Waals surface area (Å²) in [6, 6.07) is 0. The van der Waals surface area contributed by atoms with Crippen molar-refractivity contribution in [3.05, 3.63) is 24.3 Å². The van der Waals surface area contributed by atoms with E-state index in [0.29, 0.717) is 0 Å². The Morgan fingerprint density at radius 3 is 3.20 bits per heavy atom. The van der Waals surface area contributed by atoms with E-state index in [-0.39, 0.29) is 30.0 Å². The number of rotatable bonds is 2. The molecule has 0 aromatic carbocycles. The summed E-state index contributed by atoms with van der Waals surface area (Å²) in [6.07, 6.45) is 3.20. The molecule has 4 atom stereocenters. The van der Waals surface area contributed by atoms with Crippen LogP contribution in [0.4, 0.5) is 0 Å². The minimum Gasteiger partial charge on any atom is -0.457 e. The van der Waals surface area contributed by atoms with Gasteiger partial charge in [0.15, 0.2) is 6.10 Å². The van der Waals surface area contributed by atoms with Crippen molar-refractivity contribution < 1.29 is 19.1 Å². The highest BCUT2D eigenvalue weighted by Crippen LogP contribution is 2.51. The molecule has 0 radical (unpaired) electrons. The second-order valence-corrected chi connectivity index (χ2v) is 4.10. The fraction of sp³-hybridized carbons (Fsp3) is 0.455. The van der Waals surface area contributed by atoms with E-state index >= 15 is 0 Å². The third-order valence-electron chi connectivity index (χ3n) is 3.35. The lowest BCUT2D eigenvalue weighted by molar-refractivity contribution is -0.154. The summed E-state index contributed by atoms with van der Waals surface area (Å²) >= 11 is 0. The van der Waals surface area contributed by atoms with Crippen molar-refractivity contribution in [3.63, 3.8) is 0 Å². The maximum atomic E-state index is 11.4. The van der Waals surface area contributed by atoms with E-state index in [4.69, 9.17) is 9.47 Å². The van der Waals surface area contributed by atoms with Gasteiger partial charge in [-0.25, -0.2) is 4.79 Å². The smallest absolute Gasteiger partial charge is 0.330 e. The summed E-state index contributed by atoms with van der Waals surface area (Å²) in [5, 5.41) is 0. The van der Waals surface area contributed by atoms with Crippen molar-refractivity contribution in [2.75, 3.05) is 0 Å². The first-order chi connectivity index (χ1) is 7.20. The minimum atomic E-state index is -0.465. The number of carbonyl (C=O) groups is 2. The fourth-order valence-electron chi connectivity index (χ4n) is 2.71. The van der Waals surface area contributed by atoms with Crippen LogP contribution in [0.1, 0.15) is 6.42 Å². The van der Waals surface area contributed by atoms with Gasteiger partial charge in [0.05, 0.1) is 5.92 Å². The predicted octanol–water partition coefficient (Wildman–Crippen LogP) is 0.586. The number of carbonyl (C=O) groups excluding carboxylic acids is 2. The summed E-state index contributed by atoms with van der Waals surface area (Å²) in [4.78, 5) is 22.5. The van der Waals surface area contributed by atoms with Crippen molar-refractivity contribution >= 4 is 11.9 Å². The van der Waals surface area contributed by atoms with Crippen LogP contribution < -0.4 is 0 Å². The summed E-state index contributed by atoms with van der Waals surface area (Å²) in [5.74, 6) is -0.552. The van der Waals surface area contributed by atoms with E-state index in [1.54, 1.807) is 0 Å². The van der Waals surface area contributed by atoms with Crippen LogP contribution in [0, 0.1) is 11.8 Å². The van der Waals surface area contributed by atoms with Crippen LogP contribution in [0.3, 0.4) is 0 Å². The van der Waals surface area contributed by atoms with Gasteiger partial charge in [-0.3, -0.25) is 4.79 Å². The maximum Gasteiger partial charge on any atom is 0.330 e. The van der Waals surface area contributed by atoms with Crippen molar-refractivity contribution in [2.24, 2.45) is 11.8 Å². The molecule has 15 heavy (non-hydrogen) atoms. The summed E-state index contributed by atoms with van der Waals surface area (Å²) < 4.78 is 10.4. The average Bonchev–Trinajstić information content (AvgIpc) is 2.81. The molecule has 1 saturated carbocycles. The lowest BCUT2D eigenvalue weighted by Crippen LogP contribution is -2.31. The van der Waals surface area contributed by atoms with Crippen LogP contribution in [-0.2, 0) is 19.1 Å². The highest BCUT2D eigenvalue weighted by atomic mass is 16.6. The highest BCUT2D eigenvalue weighted by Gasteiger charge is 2.58. The number of fused-ring (bicyclic) bond motifs is 1. The van der Waals surface area contributed by atoms with Crippen LogP contribution in [0.25, 0.3) is 0 Å². The zero-order chi connectivity index (χ0) is 10.6. The summed E-state index contributed by atoms with van der Waals surface area (Å²) in [7, 11) is 0. The standard InChI is InChI=1S/C11H10O4/c1-2-8(12)14-9-5-3-6-7(4-5)11(13)15-10(6)9/h2,4,6-7,9-10H,1,3H2. The van der Waals surface area contributed by atoms with Gasteiger partial charge in [-0.15, -0.1) is 0 Å². The molecule has 0 amide bonds. The lowest BCUT2D eigenvalue weighted by atomic mass is 9.93. The normalized spacial score (nSPS) is 40.0. The summed E-state index contributed by atoms with van der Waals surface area (Å²) in [6.45, 7) is 3.34. The molecule has 3 aliphatic rings. The number of esters is 2. The predicted molar refractivity (Wildman–Crippen MR) is 49.6 cm³/mol. The largest absolute Gasteiger partial charge is 0.457 e. The molecule has 2 aliphatic carbocycles. The number of hydrogen-bond donors (Lipinski definition) is 0. The zero-order valence-electron chi connectivity index (χ0n) is 8.01. The van der Waals surface area contributed by atoms with E-state index in [0.717, 1.165) is 18.1 Å². The van der Waals surface area contributed by atoms with Gasteiger partial charge >= 0.3 is 11.9 Å². The second kappa shape index (κ2) is 2.72. The van der Waals surface area contributed by atoms with Crippen LogP contribution in [0.15, 0.2) is 24.3 Å². The van der Waals surface area contributed by atoms with Crippen LogP contribution in [-0.4, -0.2) is 24.1 Å². The summed E-state index contributed by atoms with van der Waals surface area (Å²) in [5.41, 5.74) is 1.02. The van der Waals surface area contributed by atoms with E-state index in [9.17, 15) is 9.59 Å².